The van der Waals surface area contributed by atoms with Crippen molar-refractivity contribution in [2.45, 2.75) is 24.2 Å². The molecule has 0 saturated heterocycles. The molecule has 1 N–H and O–H groups in total. The van der Waals surface area contributed by atoms with Crippen LogP contribution in [-0.4, -0.2) is 21.9 Å². The standard InChI is InChI=1S/C20H17F2N3OS/c1-27-14-5-2-4-12(10-14)23-20(26)19-15-6-3-7-18(15)25(24-19)13-8-9-16(21)17(22)11-13/h2,4-5,8-11H,3,6-7H2,1H3,(H,23,26). The molecule has 4 rings (SSSR count). The van der Waals surface area contributed by atoms with E-state index in [2.05, 4.69) is 10.4 Å². The number of rotatable bonds is 4. The number of thioether (sulfide) groups is 1. The Kier molecular flexibility index (Phi) is 4.70. The minimum atomic E-state index is -0.936. The predicted octanol–water partition coefficient (Wildman–Crippen LogP) is 4.61. The molecular weight excluding hydrogens is 368 g/mol. The third kappa shape index (κ3) is 3.35. The number of benzene rings is 2. The first-order chi connectivity index (χ1) is 13.1. The van der Waals surface area contributed by atoms with E-state index in [1.807, 2.05) is 30.5 Å². The first-order valence-corrected chi connectivity index (χ1v) is 9.81. The lowest BCUT2D eigenvalue weighted by atomic mass is 10.2. The van der Waals surface area contributed by atoms with Gasteiger partial charge in [0.15, 0.2) is 17.3 Å². The Morgan fingerprint density at radius 1 is 1.15 bits per heavy atom. The van der Waals surface area contributed by atoms with E-state index >= 15 is 0 Å². The fraction of sp³-hybridized carbons (Fsp3) is 0.200. The molecule has 4 nitrogen and oxygen atoms in total. The monoisotopic (exact) mass is 385 g/mol. The van der Waals surface area contributed by atoms with E-state index < -0.39 is 11.6 Å². The maximum Gasteiger partial charge on any atom is 0.276 e. The highest BCUT2D eigenvalue weighted by Crippen LogP contribution is 2.29. The van der Waals surface area contributed by atoms with Gasteiger partial charge in [0.1, 0.15) is 0 Å². The summed E-state index contributed by atoms with van der Waals surface area (Å²) < 4.78 is 28.5. The minimum absolute atomic E-state index is 0.298. The summed E-state index contributed by atoms with van der Waals surface area (Å²) >= 11 is 1.59. The Labute approximate surface area is 159 Å². The highest BCUT2D eigenvalue weighted by Gasteiger charge is 2.27. The number of carbonyl (C=O) groups excluding carboxylic acids is 1. The average Bonchev–Trinajstić information content (AvgIpc) is 3.27. The second kappa shape index (κ2) is 7.15. The number of nitrogens with one attached hydrogen (secondary N) is 1. The van der Waals surface area contributed by atoms with Crippen LogP contribution in [0.1, 0.15) is 28.2 Å². The molecule has 1 heterocycles. The number of anilines is 1. The number of nitrogens with zero attached hydrogens (tertiary/aromatic N) is 2. The molecule has 3 aromatic rings. The van der Waals surface area contributed by atoms with Gasteiger partial charge >= 0.3 is 0 Å². The van der Waals surface area contributed by atoms with Crippen molar-refractivity contribution in [2.24, 2.45) is 0 Å². The Bertz CT molecular complexity index is 1030. The zero-order valence-electron chi connectivity index (χ0n) is 14.6. The van der Waals surface area contributed by atoms with Crippen LogP contribution in [0.5, 0.6) is 0 Å². The van der Waals surface area contributed by atoms with Crippen LogP contribution in [0.2, 0.25) is 0 Å². The number of hydrogen-bond donors (Lipinski definition) is 1. The highest BCUT2D eigenvalue weighted by atomic mass is 32.2. The zero-order valence-corrected chi connectivity index (χ0v) is 15.4. The van der Waals surface area contributed by atoms with Crippen molar-refractivity contribution in [2.75, 3.05) is 11.6 Å². The molecule has 2 aromatic carbocycles. The summed E-state index contributed by atoms with van der Waals surface area (Å²) in [4.78, 5) is 13.9. The van der Waals surface area contributed by atoms with Gasteiger partial charge in [-0.25, -0.2) is 13.5 Å². The lowest BCUT2D eigenvalue weighted by molar-refractivity contribution is 0.102. The molecule has 0 fully saturated rings. The van der Waals surface area contributed by atoms with Crippen LogP contribution in [0, 0.1) is 11.6 Å². The van der Waals surface area contributed by atoms with Crippen molar-refractivity contribution < 1.29 is 13.6 Å². The molecule has 1 amide bonds. The molecule has 0 bridgehead atoms. The second-order valence-electron chi connectivity index (χ2n) is 6.32. The van der Waals surface area contributed by atoms with Crippen molar-refractivity contribution >= 4 is 23.4 Å². The van der Waals surface area contributed by atoms with Gasteiger partial charge in [0, 0.05) is 27.9 Å². The molecule has 0 saturated carbocycles. The van der Waals surface area contributed by atoms with E-state index in [4.69, 9.17) is 0 Å². The lowest BCUT2D eigenvalue weighted by Crippen LogP contribution is -2.15. The Balaban J connectivity index is 1.69. The normalized spacial score (nSPS) is 12.9. The van der Waals surface area contributed by atoms with Gasteiger partial charge in [-0.15, -0.1) is 11.8 Å². The first-order valence-electron chi connectivity index (χ1n) is 8.58. The summed E-state index contributed by atoms with van der Waals surface area (Å²) in [5.41, 5.74) is 3.19. The van der Waals surface area contributed by atoms with Gasteiger partial charge in [0.25, 0.3) is 5.91 Å². The molecule has 1 aromatic heterocycles. The van der Waals surface area contributed by atoms with Crippen LogP contribution < -0.4 is 5.32 Å². The summed E-state index contributed by atoms with van der Waals surface area (Å²) in [6, 6.07) is 11.2. The third-order valence-corrected chi connectivity index (χ3v) is 5.35. The van der Waals surface area contributed by atoms with Crippen LogP contribution in [0.15, 0.2) is 47.4 Å². The lowest BCUT2D eigenvalue weighted by Gasteiger charge is -2.07. The average molecular weight is 385 g/mol. The second-order valence-corrected chi connectivity index (χ2v) is 7.20. The molecule has 0 radical (unpaired) electrons. The van der Waals surface area contributed by atoms with Crippen molar-refractivity contribution in [1.82, 2.24) is 9.78 Å². The van der Waals surface area contributed by atoms with Gasteiger partial charge in [-0.2, -0.15) is 5.10 Å². The van der Waals surface area contributed by atoms with Gasteiger partial charge in [-0.05, 0) is 55.9 Å². The maximum absolute atomic E-state index is 13.6. The topological polar surface area (TPSA) is 46.9 Å². The van der Waals surface area contributed by atoms with Crippen LogP contribution in [0.4, 0.5) is 14.5 Å². The van der Waals surface area contributed by atoms with E-state index in [1.54, 1.807) is 16.4 Å². The van der Waals surface area contributed by atoms with E-state index in [9.17, 15) is 13.6 Å². The zero-order chi connectivity index (χ0) is 19.0. The smallest absolute Gasteiger partial charge is 0.276 e. The van der Waals surface area contributed by atoms with Gasteiger partial charge in [0.05, 0.1) is 5.69 Å². The number of amides is 1. The Hall–Kier alpha value is -2.67. The van der Waals surface area contributed by atoms with Crippen LogP contribution in [0.25, 0.3) is 5.69 Å². The van der Waals surface area contributed by atoms with E-state index in [1.165, 1.54) is 6.07 Å². The van der Waals surface area contributed by atoms with Gasteiger partial charge in [-0.1, -0.05) is 6.07 Å². The Morgan fingerprint density at radius 3 is 2.78 bits per heavy atom. The number of carbonyl (C=O) groups is 1. The van der Waals surface area contributed by atoms with Crippen LogP contribution in [-0.2, 0) is 12.8 Å². The molecule has 138 valence electrons. The van der Waals surface area contributed by atoms with E-state index in [0.29, 0.717) is 17.1 Å². The van der Waals surface area contributed by atoms with Gasteiger partial charge in [0.2, 0.25) is 0 Å². The number of fused-ring (bicyclic) bond motifs is 1. The quantitative estimate of drug-likeness (QED) is 0.667. The highest BCUT2D eigenvalue weighted by molar-refractivity contribution is 7.98. The summed E-state index contributed by atoms with van der Waals surface area (Å²) in [5, 5.41) is 7.31. The largest absolute Gasteiger partial charge is 0.321 e. The molecule has 0 aliphatic heterocycles. The van der Waals surface area contributed by atoms with E-state index in [-0.39, 0.29) is 5.91 Å². The number of halogens is 2. The third-order valence-electron chi connectivity index (χ3n) is 4.62. The summed E-state index contributed by atoms with van der Waals surface area (Å²) in [5.74, 6) is -2.14. The molecule has 27 heavy (non-hydrogen) atoms. The summed E-state index contributed by atoms with van der Waals surface area (Å²) in [6.07, 6.45) is 4.36. The molecule has 1 aliphatic carbocycles. The van der Waals surface area contributed by atoms with Crippen molar-refractivity contribution in [3.8, 4) is 5.69 Å². The molecule has 1 aliphatic rings. The molecular formula is C20H17F2N3OS. The van der Waals surface area contributed by atoms with Crippen LogP contribution >= 0.6 is 11.8 Å². The fourth-order valence-corrected chi connectivity index (χ4v) is 3.80. The minimum Gasteiger partial charge on any atom is -0.321 e. The molecule has 0 atom stereocenters. The molecule has 0 spiro atoms. The molecule has 0 unspecified atom stereocenters. The van der Waals surface area contributed by atoms with Crippen molar-refractivity contribution in [1.29, 1.82) is 0 Å². The fourth-order valence-electron chi connectivity index (χ4n) is 3.34. The number of hydrogen-bond acceptors (Lipinski definition) is 3. The first kappa shape index (κ1) is 17.7. The predicted molar refractivity (Wildman–Crippen MR) is 102 cm³/mol. The van der Waals surface area contributed by atoms with Gasteiger partial charge in [-0.3, -0.25) is 4.79 Å². The summed E-state index contributed by atoms with van der Waals surface area (Å²) in [7, 11) is 0. The molecule has 7 heteroatoms. The summed E-state index contributed by atoms with van der Waals surface area (Å²) in [6.45, 7) is 0. The van der Waals surface area contributed by atoms with Crippen LogP contribution in [0.3, 0.4) is 0 Å². The number of aromatic nitrogens is 2. The maximum atomic E-state index is 13.6. The van der Waals surface area contributed by atoms with Gasteiger partial charge < -0.3 is 5.32 Å². The van der Waals surface area contributed by atoms with E-state index in [0.717, 1.165) is 47.5 Å². The van der Waals surface area contributed by atoms with Crippen molar-refractivity contribution in [3.05, 3.63) is 71.1 Å². The Morgan fingerprint density at radius 2 is 2.00 bits per heavy atom. The SMILES string of the molecule is CSc1cccc(NC(=O)c2nn(-c3ccc(F)c(F)c3)c3c2CCC3)c1. The van der Waals surface area contributed by atoms with Crippen molar-refractivity contribution in [3.63, 3.8) is 0 Å².